The van der Waals surface area contributed by atoms with Crippen LogP contribution < -0.4 is 5.06 Å². The number of rotatable bonds is 2. The van der Waals surface area contributed by atoms with E-state index in [1.54, 1.807) is 24.3 Å². The molecule has 0 aliphatic rings. The predicted molar refractivity (Wildman–Crippen MR) is 59.3 cm³/mol. The van der Waals surface area contributed by atoms with Crippen LogP contribution in [0.15, 0.2) is 41.6 Å². The minimum Gasteiger partial charge on any atom is -0.629 e. The second kappa shape index (κ2) is 3.76. The molecular formula is C11H10N2O2. The van der Waals surface area contributed by atoms with Crippen molar-refractivity contribution in [3.63, 3.8) is 0 Å². The lowest BCUT2D eigenvalue weighted by Gasteiger charge is -2.15. The van der Waals surface area contributed by atoms with Gasteiger partial charge in [-0.3, -0.25) is 0 Å². The van der Waals surface area contributed by atoms with Crippen molar-refractivity contribution >= 4 is 22.1 Å². The van der Waals surface area contributed by atoms with E-state index in [9.17, 15) is 10.1 Å². The minimum absolute atomic E-state index is 0.0366. The Balaban J connectivity index is 2.59. The van der Waals surface area contributed by atoms with E-state index in [1.807, 2.05) is 12.1 Å². The Bertz CT molecular complexity index is 509. The van der Waals surface area contributed by atoms with Gasteiger partial charge in [0.15, 0.2) is 0 Å². The zero-order valence-electron chi connectivity index (χ0n) is 8.23. The van der Waals surface area contributed by atoms with Crippen LogP contribution in [0.5, 0.6) is 0 Å². The molecule has 0 amide bonds. The molecule has 1 unspecified atom stereocenters. The van der Waals surface area contributed by atoms with Gasteiger partial charge in [0.1, 0.15) is 11.4 Å². The van der Waals surface area contributed by atoms with Crippen LogP contribution >= 0.6 is 0 Å². The first-order valence-electron chi connectivity index (χ1n) is 4.59. The van der Waals surface area contributed by atoms with Gasteiger partial charge in [-0.05, 0) is 40.2 Å². The highest BCUT2D eigenvalue weighted by atomic mass is 16.5. The molecule has 2 aromatic rings. The van der Waals surface area contributed by atoms with Gasteiger partial charge in [-0.15, -0.1) is 4.91 Å². The van der Waals surface area contributed by atoms with Gasteiger partial charge < -0.3 is 10.3 Å². The summed E-state index contributed by atoms with van der Waals surface area (Å²) in [5.41, 5.74) is 1.08. The van der Waals surface area contributed by atoms with Crippen LogP contribution in [0.1, 0.15) is 0 Å². The molecule has 0 aromatic heterocycles. The Morgan fingerprint density at radius 1 is 1.13 bits per heavy atom. The Morgan fingerprint density at radius 2 is 1.80 bits per heavy atom. The fraction of sp³-hybridized carbons (Fsp3) is 0.0909. The van der Waals surface area contributed by atoms with Crippen LogP contribution in [-0.4, -0.2) is 7.05 Å². The Kier molecular flexibility index (Phi) is 2.45. The first kappa shape index (κ1) is 9.76. The largest absolute Gasteiger partial charge is 0.629 e. The molecule has 1 N–H and O–H groups in total. The van der Waals surface area contributed by atoms with Crippen LogP contribution in [0, 0.1) is 10.1 Å². The standard InChI is InChI=1S/C11H10N2O2/c1-13(15)11-5-3-8-6-10(12-14)4-2-9(8)7-11/h2-7,13H,1H3. The van der Waals surface area contributed by atoms with E-state index in [0.29, 0.717) is 11.4 Å². The predicted octanol–water partition coefficient (Wildman–Crippen LogP) is 1.88. The number of fused-ring (bicyclic) bond motifs is 1. The van der Waals surface area contributed by atoms with Crippen molar-refractivity contribution in [3.8, 4) is 0 Å². The van der Waals surface area contributed by atoms with Gasteiger partial charge >= 0.3 is 0 Å². The van der Waals surface area contributed by atoms with Crippen LogP contribution in [0.25, 0.3) is 10.8 Å². The van der Waals surface area contributed by atoms with Crippen molar-refractivity contribution in [2.24, 2.45) is 5.18 Å². The van der Waals surface area contributed by atoms with E-state index in [2.05, 4.69) is 5.18 Å². The number of hydroxylamine groups is 1. The molecule has 0 aliphatic heterocycles. The van der Waals surface area contributed by atoms with E-state index in [1.165, 1.54) is 7.05 Å². The van der Waals surface area contributed by atoms with Gasteiger partial charge in [-0.1, -0.05) is 6.07 Å². The fourth-order valence-corrected chi connectivity index (χ4v) is 1.51. The molecule has 15 heavy (non-hydrogen) atoms. The molecule has 0 saturated heterocycles. The van der Waals surface area contributed by atoms with Crippen molar-refractivity contribution in [3.05, 3.63) is 46.5 Å². The average molecular weight is 202 g/mol. The zero-order valence-corrected chi connectivity index (χ0v) is 8.23. The number of quaternary nitrogens is 1. The molecule has 0 saturated carbocycles. The second-order valence-corrected chi connectivity index (χ2v) is 3.39. The number of nitroso groups, excluding NO2 is 1. The minimum atomic E-state index is 0.0366. The van der Waals surface area contributed by atoms with Crippen molar-refractivity contribution < 1.29 is 5.06 Å². The quantitative estimate of drug-likeness (QED) is 0.597. The monoisotopic (exact) mass is 202 g/mol. The topological polar surface area (TPSA) is 56.9 Å². The third kappa shape index (κ3) is 1.86. The summed E-state index contributed by atoms with van der Waals surface area (Å²) in [6.07, 6.45) is 0. The summed E-state index contributed by atoms with van der Waals surface area (Å²) in [5.74, 6) is 0. The Morgan fingerprint density at radius 3 is 2.47 bits per heavy atom. The SMILES string of the molecule is C[NH+]([O-])c1ccc2cc(N=O)ccc2c1. The van der Waals surface area contributed by atoms with E-state index < -0.39 is 0 Å². The molecular weight excluding hydrogens is 192 g/mol. The van der Waals surface area contributed by atoms with Crippen molar-refractivity contribution in [1.29, 1.82) is 0 Å². The van der Waals surface area contributed by atoms with E-state index in [4.69, 9.17) is 0 Å². The second-order valence-electron chi connectivity index (χ2n) is 3.39. The maximum atomic E-state index is 11.1. The highest BCUT2D eigenvalue weighted by Crippen LogP contribution is 2.22. The molecule has 2 rings (SSSR count). The summed E-state index contributed by atoms with van der Waals surface area (Å²) in [6.45, 7) is 0. The highest BCUT2D eigenvalue weighted by molar-refractivity contribution is 5.87. The van der Waals surface area contributed by atoms with Gasteiger partial charge in [0.2, 0.25) is 0 Å². The molecule has 0 spiro atoms. The van der Waals surface area contributed by atoms with Crippen LogP contribution in [0.3, 0.4) is 0 Å². The van der Waals surface area contributed by atoms with Gasteiger partial charge in [-0.2, -0.15) is 0 Å². The molecule has 4 nitrogen and oxygen atoms in total. The lowest BCUT2D eigenvalue weighted by molar-refractivity contribution is -0.751. The summed E-state index contributed by atoms with van der Waals surface area (Å²) < 4.78 is 0. The number of benzene rings is 2. The molecule has 0 heterocycles. The van der Waals surface area contributed by atoms with Crippen molar-refractivity contribution in [2.75, 3.05) is 7.05 Å². The maximum absolute atomic E-state index is 11.1. The summed E-state index contributed by atoms with van der Waals surface area (Å²) in [6, 6.07) is 10.5. The molecule has 76 valence electrons. The van der Waals surface area contributed by atoms with Crippen molar-refractivity contribution in [1.82, 2.24) is 0 Å². The van der Waals surface area contributed by atoms with Crippen LogP contribution in [0.4, 0.5) is 11.4 Å². The summed E-state index contributed by atoms with van der Waals surface area (Å²) in [5, 5.41) is 15.9. The molecule has 0 bridgehead atoms. The Hall–Kier alpha value is -1.78. The molecule has 1 atom stereocenters. The highest BCUT2D eigenvalue weighted by Gasteiger charge is 2.01. The summed E-state index contributed by atoms with van der Waals surface area (Å²) in [4.78, 5) is 10.3. The zero-order chi connectivity index (χ0) is 10.8. The van der Waals surface area contributed by atoms with Gasteiger partial charge in [-0.25, -0.2) is 0 Å². The molecule has 4 heteroatoms. The molecule has 0 fully saturated rings. The average Bonchev–Trinajstić information content (AvgIpc) is 2.27. The first-order chi connectivity index (χ1) is 7.20. The fourth-order valence-electron chi connectivity index (χ4n) is 1.51. The number of nitrogens with one attached hydrogen (secondary N) is 1. The molecule has 0 radical (unpaired) electrons. The normalized spacial score (nSPS) is 12.7. The first-order valence-corrected chi connectivity index (χ1v) is 4.59. The number of hydrogen-bond donors (Lipinski definition) is 1. The maximum Gasteiger partial charge on any atom is 0.131 e. The van der Waals surface area contributed by atoms with E-state index in [-0.39, 0.29) is 5.06 Å². The third-order valence-corrected chi connectivity index (χ3v) is 2.34. The molecule has 0 aliphatic carbocycles. The number of hydrogen-bond acceptors (Lipinski definition) is 3. The Labute approximate surface area is 86.7 Å². The van der Waals surface area contributed by atoms with Crippen molar-refractivity contribution in [2.45, 2.75) is 0 Å². The van der Waals surface area contributed by atoms with Crippen LogP contribution in [0.2, 0.25) is 0 Å². The van der Waals surface area contributed by atoms with Gasteiger partial charge in [0.05, 0.1) is 7.05 Å². The lowest BCUT2D eigenvalue weighted by Crippen LogP contribution is -2.98. The van der Waals surface area contributed by atoms with Crippen LogP contribution in [-0.2, 0) is 0 Å². The van der Waals surface area contributed by atoms with E-state index in [0.717, 1.165) is 10.8 Å². The number of nitrogens with zero attached hydrogens (tertiary/aromatic N) is 1. The molecule has 2 aromatic carbocycles. The van der Waals surface area contributed by atoms with E-state index >= 15 is 0 Å². The lowest BCUT2D eigenvalue weighted by atomic mass is 10.1. The smallest absolute Gasteiger partial charge is 0.131 e. The summed E-state index contributed by atoms with van der Waals surface area (Å²) >= 11 is 0. The van der Waals surface area contributed by atoms with Gasteiger partial charge in [0, 0.05) is 6.07 Å². The third-order valence-electron chi connectivity index (χ3n) is 2.34. The summed E-state index contributed by atoms with van der Waals surface area (Å²) in [7, 11) is 1.53. The van der Waals surface area contributed by atoms with Gasteiger partial charge in [0.25, 0.3) is 0 Å².